The van der Waals surface area contributed by atoms with E-state index < -0.39 is 30.5 Å². The molecule has 3 aromatic rings. The summed E-state index contributed by atoms with van der Waals surface area (Å²) in [5, 5.41) is 3.42. The molecule has 1 atom stereocenters. The van der Waals surface area contributed by atoms with E-state index in [4.69, 9.17) is 14.5 Å². The molecule has 1 saturated heterocycles. The zero-order chi connectivity index (χ0) is 23.9. The highest BCUT2D eigenvalue weighted by molar-refractivity contribution is 6.00. The summed E-state index contributed by atoms with van der Waals surface area (Å²) < 4.78 is 10.2. The van der Waals surface area contributed by atoms with E-state index in [1.165, 1.54) is 7.11 Å². The second kappa shape index (κ2) is 10.8. The first-order valence-corrected chi connectivity index (χ1v) is 11.3. The number of amides is 1. The van der Waals surface area contributed by atoms with E-state index in [-0.39, 0.29) is 6.42 Å². The fraction of sp³-hybridized carbons (Fsp3) is 0.308. The van der Waals surface area contributed by atoms with Crippen LogP contribution in [0.1, 0.15) is 28.8 Å². The molecule has 0 bridgehead atoms. The Morgan fingerprint density at radius 3 is 2.47 bits per heavy atom. The third-order valence-corrected chi connectivity index (χ3v) is 5.77. The molecule has 8 nitrogen and oxygen atoms in total. The summed E-state index contributed by atoms with van der Waals surface area (Å²) in [4.78, 5) is 44.4. The van der Waals surface area contributed by atoms with Crippen LogP contribution < -0.4 is 10.2 Å². The Hall–Kier alpha value is -3.94. The maximum Gasteiger partial charge on any atom is 0.342 e. The van der Waals surface area contributed by atoms with E-state index >= 15 is 0 Å². The number of esters is 2. The highest BCUT2D eigenvalue weighted by Gasteiger charge is 2.25. The monoisotopic (exact) mass is 461 g/mol. The van der Waals surface area contributed by atoms with Gasteiger partial charge in [-0.15, -0.1) is 0 Å². The van der Waals surface area contributed by atoms with Crippen molar-refractivity contribution in [3.05, 3.63) is 71.8 Å². The summed E-state index contributed by atoms with van der Waals surface area (Å²) in [6.45, 7) is 1.10. The Morgan fingerprint density at radius 1 is 1.03 bits per heavy atom. The van der Waals surface area contributed by atoms with Crippen molar-refractivity contribution < 1.29 is 23.9 Å². The third kappa shape index (κ3) is 5.51. The minimum atomic E-state index is -0.888. The van der Waals surface area contributed by atoms with Crippen molar-refractivity contribution in [3.8, 4) is 0 Å². The number of aromatic nitrogens is 1. The number of carbonyl (C=O) groups is 3. The molecule has 0 spiro atoms. The van der Waals surface area contributed by atoms with Crippen LogP contribution in [0.5, 0.6) is 0 Å². The standard InChI is InChI=1S/C26H27N3O5/c1-33-26(32)22(15-18-9-3-2-4-10-18)27-23(30)17-34-25(31)20-16-19-11-5-6-12-21(19)28-24(20)29-13-7-8-14-29/h2-6,9-12,16,22H,7-8,13-15,17H2,1H3,(H,27,30). The van der Waals surface area contributed by atoms with E-state index in [1.807, 2.05) is 54.6 Å². The van der Waals surface area contributed by atoms with Gasteiger partial charge in [-0.25, -0.2) is 14.6 Å². The fourth-order valence-corrected chi connectivity index (χ4v) is 4.06. The smallest absolute Gasteiger partial charge is 0.342 e. The third-order valence-electron chi connectivity index (χ3n) is 5.77. The number of nitrogens with zero attached hydrogens (tertiary/aromatic N) is 2. The van der Waals surface area contributed by atoms with Gasteiger partial charge in [0.15, 0.2) is 6.61 Å². The van der Waals surface area contributed by atoms with Gasteiger partial charge in [-0.1, -0.05) is 48.5 Å². The molecular weight excluding hydrogens is 434 g/mol. The molecule has 0 aliphatic carbocycles. The van der Waals surface area contributed by atoms with Crippen LogP contribution in [0.3, 0.4) is 0 Å². The number of benzene rings is 2. The zero-order valence-electron chi connectivity index (χ0n) is 19.0. The fourth-order valence-electron chi connectivity index (χ4n) is 4.06. The first-order chi connectivity index (χ1) is 16.5. The van der Waals surface area contributed by atoms with Gasteiger partial charge in [0.2, 0.25) is 0 Å². The van der Waals surface area contributed by atoms with Crippen LogP contribution in [0.25, 0.3) is 10.9 Å². The van der Waals surface area contributed by atoms with Crippen molar-refractivity contribution in [2.45, 2.75) is 25.3 Å². The maximum atomic E-state index is 13.0. The van der Waals surface area contributed by atoms with Gasteiger partial charge < -0.3 is 19.7 Å². The molecule has 1 aliphatic heterocycles. The summed E-state index contributed by atoms with van der Waals surface area (Å²) in [6.07, 6.45) is 2.32. The molecule has 2 aromatic carbocycles. The van der Waals surface area contributed by atoms with E-state index in [1.54, 1.807) is 6.07 Å². The van der Waals surface area contributed by atoms with Crippen molar-refractivity contribution in [1.82, 2.24) is 10.3 Å². The van der Waals surface area contributed by atoms with Crippen LogP contribution in [0.2, 0.25) is 0 Å². The molecule has 4 rings (SSSR count). The molecule has 1 unspecified atom stereocenters. The highest BCUT2D eigenvalue weighted by Crippen LogP contribution is 2.27. The van der Waals surface area contributed by atoms with E-state index in [9.17, 15) is 14.4 Å². The Kier molecular flexibility index (Phi) is 7.37. The lowest BCUT2D eigenvalue weighted by molar-refractivity contribution is -0.145. The Morgan fingerprint density at radius 2 is 1.74 bits per heavy atom. The van der Waals surface area contributed by atoms with Crippen LogP contribution in [-0.4, -0.2) is 55.7 Å². The van der Waals surface area contributed by atoms with Crippen LogP contribution in [-0.2, 0) is 25.5 Å². The van der Waals surface area contributed by atoms with Gasteiger partial charge in [0.25, 0.3) is 5.91 Å². The van der Waals surface area contributed by atoms with Crippen molar-refractivity contribution in [1.29, 1.82) is 0 Å². The number of para-hydroxylation sites is 1. The van der Waals surface area contributed by atoms with Gasteiger partial charge in [-0.2, -0.15) is 0 Å². The molecule has 0 radical (unpaired) electrons. The maximum absolute atomic E-state index is 13.0. The number of carbonyl (C=O) groups excluding carboxylic acids is 3. The number of methoxy groups -OCH3 is 1. The first kappa shape index (κ1) is 23.2. The summed E-state index contributed by atoms with van der Waals surface area (Å²) in [7, 11) is 1.26. The SMILES string of the molecule is COC(=O)C(Cc1ccccc1)NC(=O)COC(=O)c1cc2ccccc2nc1N1CCCC1. The van der Waals surface area contributed by atoms with Crippen LogP contribution >= 0.6 is 0 Å². The minimum Gasteiger partial charge on any atom is -0.467 e. The van der Waals surface area contributed by atoms with Gasteiger partial charge in [-0.3, -0.25) is 4.79 Å². The Bertz CT molecular complexity index is 1180. The number of hydrogen-bond acceptors (Lipinski definition) is 7. The molecule has 1 aromatic heterocycles. The average molecular weight is 462 g/mol. The van der Waals surface area contributed by atoms with Gasteiger partial charge >= 0.3 is 11.9 Å². The summed E-state index contributed by atoms with van der Waals surface area (Å²) >= 11 is 0. The second-order valence-electron chi connectivity index (χ2n) is 8.16. The number of anilines is 1. The number of rotatable bonds is 8. The van der Waals surface area contributed by atoms with Crippen LogP contribution in [0, 0.1) is 0 Å². The Labute approximate surface area is 197 Å². The van der Waals surface area contributed by atoms with Gasteiger partial charge in [0, 0.05) is 24.9 Å². The number of nitrogens with one attached hydrogen (secondary N) is 1. The van der Waals surface area contributed by atoms with E-state index in [0.29, 0.717) is 11.4 Å². The van der Waals surface area contributed by atoms with E-state index in [2.05, 4.69) is 10.2 Å². The topological polar surface area (TPSA) is 97.8 Å². The molecule has 1 amide bonds. The number of hydrogen-bond donors (Lipinski definition) is 1. The molecule has 1 N–H and O–H groups in total. The van der Waals surface area contributed by atoms with Crippen molar-refractivity contribution in [2.24, 2.45) is 0 Å². The van der Waals surface area contributed by atoms with Gasteiger partial charge in [0.1, 0.15) is 17.4 Å². The molecule has 0 saturated carbocycles. The molecule has 34 heavy (non-hydrogen) atoms. The lowest BCUT2D eigenvalue weighted by atomic mass is 10.1. The Balaban J connectivity index is 1.45. The average Bonchev–Trinajstić information content (AvgIpc) is 3.41. The van der Waals surface area contributed by atoms with E-state index in [0.717, 1.165) is 42.4 Å². The summed E-state index contributed by atoms with van der Waals surface area (Å²) in [5.74, 6) is -1.22. The molecule has 176 valence electrons. The largest absolute Gasteiger partial charge is 0.467 e. The molecule has 2 heterocycles. The lowest BCUT2D eigenvalue weighted by Gasteiger charge is -2.20. The first-order valence-electron chi connectivity index (χ1n) is 11.3. The predicted molar refractivity (Wildman–Crippen MR) is 128 cm³/mol. The minimum absolute atomic E-state index is 0.265. The van der Waals surface area contributed by atoms with Crippen molar-refractivity contribution >= 4 is 34.6 Å². The summed E-state index contributed by atoms with van der Waals surface area (Å²) in [5.41, 5.74) is 1.98. The van der Waals surface area contributed by atoms with Crippen molar-refractivity contribution in [3.63, 3.8) is 0 Å². The van der Waals surface area contributed by atoms with Crippen LogP contribution in [0.15, 0.2) is 60.7 Å². The highest BCUT2D eigenvalue weighted by atomic mass is 16.5. The normalized spacial score (nSPS) is 14.0. The van der Waals surface area contributed by atoms with Crippen molar-refractivity contribution in [2.75, 3.05) is 31.7 Å². The quantitative estimate of drug-likeness (QED) is 0.515. The molecule has 1 fully saturated rings. The molecular formula is C26H27N3O5. The molecule has 8 heteroatoms. The number of pyridine rings is 1. The number of fused-ring (bicyclic) bond motifs is 1. The molecule has 1 aliphatic rings. The van der Waals surface area contributed by atoms with Crippen LogP contribution in [0.4, 0.5) is 5.82 Å². The zero-order valence-corrected chi connectivity index (χ0v) is 19.0. The second-order valence-corrected chi connectivity index (χ2v) is 8.16. The lowest BCUT2D eigenvalue weighted by Crippen LogP contribution is -2.44. The predicted octanol–water partition coefficient (Wildman–Crippen LogP) is 2.89. The van der Waals surface area contributed by atoms with Gasteiger partial charge in [-0.05, 0) is 30.5 Å². The van der Waals surface area contributed by atoms with Gasteiger partial charge in [0.05, 0.1) is 12.6 Å². The summed E-state index contributed by atoms with van der Waals surface area (Å²) in [6, 6.07) is 17.7. The number of ether oxygens (including phenoxy) is 2.